The Balaban J connectivity index is 1.76. The van der Waals surface area contributed by atoms with Gasteiger partial charge in [-0.1, -0.05) is 48.5 Å². The van der Waals surface area contributed by atoms with Crippen molar-refractivity contribution in [3.63, 3.8) is 0 Å². The van der Waals surface area contributed by atoms with E-state index in [0.29, 0.717) is 16.9 Å². The third-order valence-electron chi connectivity index (χ3n) is 5.93. The zero-order valence-electron chi connectivity index (χ0n) is 20.6. The van der Waals surface area contributed by atoms with Gasteiger partial charge in [0, 0.05) is 30.0 Å². The lowest BCUT2D eigenvalue weighted by Crippen LogP contribution is -2.21. The van der Waals surface area contributed by atoms with Crippen LogP contribution >= 0.6 is 0 Å². The van der Waals surface area contributed by atoms with Gasteiger partial charge in [-0.3, -0.25) is 9.44 Å². The van der Waals surface area contributed by atoms with Gasteiger partial charge >= 0.3 is 0 Å². The van der Waals surface area contributed by atoms with Gasteiger partial charge in [0.2, 0.25) is 0 Å². The molecule has 2 N–H and O–H groups in total. The molecule has 4 aromatic rings. The van der Waals surface area contributed by atoms with Gasteiger partial charge in [-0.2, -0.15) is 0 Å². The highest BCUT2D eigenvalue weighted by molar-refractivity contribution is 7.93. The smallest absolute Gasteiger partial charge is 0.261 e. The minimum absolute atomic E-state index is 0.131. The van der Waals surface area contributed by atoms with E-state index in [-0.39, 0.29) is 9.79 Å². The molecular weight excluding hydrogens is 506 g/mol. The first-order valence-corrected chi connectivity index (χ1v) is 14.9. The Morgan fingerprint density at radius 1 is 0.622 bits per heavy atom. The van der Waals surface area contributed by atoms with Crippen molar-refractivity contribution in [1.29, 1.82) is 0 Å². The lowest BCUT2D eigenvalue weighted by molar-refractivity contribution is 0.599. The number of rotatable bonds is 10. The fraction of sp³-hybridized carbons (Fsp3) is 0.143. The number of nitrogens with zero attached hydrogens (tertiary/aromatic N) is 1. The zero-order chi connectivity index (χ0) is 26.5. The third-order valence-corrected chi connectivity index (χ3v) is 8.71. The highest BCUT2D eigenvalue weighted by Crippen LogP contribution is 2.34. The Morgan fingerprint density at radius 3 is 1.65 bits per heavy atom. The van der Waals surface area contributed by atoms with E-state index in [2.05, 4.69) is 28.2 Å². The number of nitrogens with one attached hydrogen (secondary N) is 2. The summed E-state index contributed by atoms with van der Waals surface area (Å²) in [5.41, 5.74) is 2.97. The van der Waals surface area contributed by atoms with Gasteiger partial charge in [-0.25, -0.2) is 16.8 Å². The lowest BCUT2D eigenvalue weighted by atomic mass is 10.0. The maximum Gasteiger partial charge on any atom is 0.261 e. The maximum absolute atomic E-state index is 13.1. The SMILES string of the molecule is CCN(CC)c1ccc(-c2cc(NS(=O)(=O)c3ccccc3)ccc2NS(=O)(=O)c2ccccc2)cc1. The van der Waals surface area contributed by atoms with Crippen LogP contribution in [0.3, 0.4) is 0 Å². The molecule has 0 bridgehead atoms. The Labute approximate surface area is 218 Å². The summed E-state index contributed by atoms with van der Waals surface area (Å²) in [6.07, 6.45) is 0. The molecule has 0 spiro atoms. The molecule has 0 radical (unpaired) electrons. The van der Waals surface area contributed by atoms with Gasteiger partial charge < -0.3 is 4.90 Å². The Hall–Kier alpha value is -3.82. The van der Waals surface area contributed by atoms with Crippen LogP contribution in [0.5, 0.6) is 0 Å². The molecule has 9 heteroatoms. The largest absolute Gasteiger partial charge is 0.372 e. The number of hydrogen-bond acceptors (Lipinski definition) is 5. The van der Waals surface area contributed by atoms with Crippen LogP contribution in [0.15, 0.2) is 113 Å². The monoisotopic (exact) mass is 535 g/mol. The van der Waals surface area contributed by atoms with Crippen LogP contribution in [0.4, 0.5) is 17.1 Å². The Bertz CT molecular complexity index is 1550. The minimum Gasteiger partial charge on any atom is -0.372 e. The minimum atomic E-state index is -3.86. The van der Waals surface area contributed by atoms with Crippen LogP contribution in [0.2, 0.25) is 0 Å². The van der Waals surface area contributed by atoms with E-state index >= 15 is 0 Å². The van der Waals surface area contributed by atoms with Crippen molar-refractivity contribution >= 4 is 37.1 Å². The summed E-state index contributed by atoms with van der Waals surface area (Å²) in [6, 6.07) is 28.6. The second-order valence-corrected chi connectivity index (χ2v) is 11.7. The fourth-order valence-electron chi connectivity index (χ4n) is 3.99. The average Bonchev–Trinajstić information content (AvgIpc) is 2.91. The predicted molar refractivity (Wildman–Crippen MR) is 150 cm³/mol. The second-order valence-electron chi connectivity index (χ2n) is 8.32. The first kappa shape index (κ1) is 26.2. The third kappa shape index (κ3) is 6.12. The van der Waals surface area contributed by atoms with Crippen LogP contribution < -0.4 is 14.3 Å². The molecule has 0 aromatic heterocycles. The van der Waals surface area contributed by atoms with Crippen LogP contribution in [-0.2, 0) is 20.0 Å². The van der Waals surface area contributed by atoms with Crippen molar-refractivity contribution in [2.24, 2.45) is 0 Å². The molecular formula is C28H29N3O4S2. The molecule has 0 atom stereocenters. The van der Waals surface area contributed by atoms with E-state index in [1.807, 2.05) is 24.3 Å². The van der Waals surface area contributed by atoms with Crippen molar-refractivity contribution in [3.8, 4) is 11.1 Å². The van der Waals surface area contributed by atoms with E-state index < -0.39 is 20.0 Å². The molecule has 4 rings (SSSR count). The van der Waals surface area contributed by atoms with E-state index in [9.17, 15) is 16.8 Å². The molecule has 0 aliphatic rings. The van der Waals surface area contributed by atoms with Crippen LogP contribution in [0.1, 0.15) is 13.8 Å². The molecule has 192 valence electrons. The Kier molecular flexibility index (Phi) is 7.85. The molecule has 0 fully saturated rings. The molecule has 7 nitrogen and oxygen atoms in total. The number of hydrogen-bond donors (Lipinski definition) is 2. The molecule has 0 heterocycles. The quantitative estimate of drug-likeness (QED) is 0.268. The van der Waals surface area contributed by atoms with Gasteiger partial charge in [0.05, 0.1) is 15.5 Å². The lowest BCUT2D eigenvalue weighted by Gasteiger charge is -2.21. The van der Waals surface area contributed by atoms with Crippen LogP contribution in [-0.4, -0.2) is 29.9 Å². The summed E-state index contributed by atoms with van der Waals surface area (Å²) in [5.74, 6) is 0. The van der Waals surface area contributed by atoms with Gasteiger partial charge in [0.1, 0.15) is 0 Å². The highest BCUT2D eigenvalue weighted by Gasteiger charge is 2.19. The summed E-state index contributed by atoms with van der Waals surface area (Å²) < 4.78 is 57.2. The first-order valence-electron chi connectivity index (χ1n) is 11.9. The number of sulfonamides is 2. The van der Waals surface area contributed by atoms with E-state index in [0.717, 1.165) is 24.3 Å². The second kappa shape index (κ2) is 11.1. The van der Waals surface area contributed by atoms with Crippen molar-refractivity contribution in [3.05, 3.63) is 103 Å². The van der Waals surface area contributed by atoms with Crippen molar-refractivity contribution in [1.82, 2.24) is 0 Å². The summed E-state index contributed by atoms with van der Waals surface area (Å²) in [7, 11) is -7.68. The summed E-state index contributed by atoms with van der Waals surface area (Å²) >= 11 is 0. The van der Waals surface area contributed by atoms with Crippen molar-refractivity contribution < 1.29 is 16.8 Å². The van der Waals surface area contributed by atoms with Gasteiger partial charge in [0.25, 0.3) is 20.0 Å². The normalized spacial score (nSPS) is 11.6. The average molecular weight is 536 g/mol. The standard InChI is InChI=1S/C28H29N3O4S2/c1-3-31(4-2)24-18-15-22(16-19-24)27-21-23(29-36(32,33)25-11-7-5-8-12-25)17-20-28(27)30-37(34,35)26-13-9-6-10-14-26/h5-21,29-30H,3-4H2,1-2H3. The molecule has 0 saturated heterocycles. The Morgan fingerprint density at radius 2 is 1.14 bits per heavy atom. The maximum atomic E-state index is 13.1. The number of anilines is 3. The molecule has 0 unspecified atom stereocenters. The molecule has 0 saturated carbocycles. The predicted octanol–water partition coefficient (Wildman–Crippen LogP) is 5.80. The van der Waals surface area contributed by atoms with Gasteiger partial charge in [0.15, 0.2) is 0 Å². The molecule has 4 aromatic carbocycles. The molecule has 0 aliphatic heterocycles. The summed E-state index contributed by atoms with van der Waals surface area (Å²) in [5, 5.41) is 0. The van der Waals surface area contributed by atoms with Crippen LogP contribution in [0, 0.1) is 0 Å². The molecule has 0 amide bonds. The van der Waals surface area contributed by atoms with E-state index in [1.165, 1.54) is 30.3 Å². The fourth-order valence-corrected chi connectivity index (χ4v) is 6.16. The van der Waals surface area contributed by atoms with Crippen molar-refractivity contribution in [2.75, 3.05) is 27.4 Å². The van der Waals surface area contributed by atoms with E-state index in [1.54, 1.807) is 48.5 Å². The first-order chi connectivity index (χ1) is 17.7. The van der Waals surface area contributed by atoms with E-state index in [4.69, 9.17) is 0 Å². The molecule has 37 heavy (non-hydrogen) atoms. The topological polar surface area (TPSA) is 95.6 Å². The zero-order valence-corrected chi connectivity index (χ0v) is 22.3. The summed E-state index contributed by atoms with van der Waals surface area (Å²) in [6.45, 7) is 5.87. The highest BCUT2D eigenvalue weighted by atomic mass is 32.2. The summed E-state index contributed by atoms with van der Waals surface area (Å²) in [4.78, 5) is 2.47. The van der Waals surface area contributed by atoms with Crippen molar-refractivity contribution in [2.45, 2.75) is 23.6 Å². The van der Waals surface area contributed by atoms with Gasteiger partial charge in [-0.15, -0.1) is 0 Å². The molecule has 0 aliphatic carbocycles. The van der Waals surface area contributed by atoms with Gasteiger partial charge in [-0.05, 0) is 74.0 Å². The number of benzene rings is 4. The van der Waals surface area contributed by atoms with Crippen LogP contribution in [0.25, 0.3) is 11.1 Å².